The maximum Gasteiger partial charge on any atom is 0.222 e. The molecule has 0 saturated carbocycles. The Hall–Kier alpha value is -1.51. The number of ketones is 1. The van der Waals surface area contributed by atoms with E-state index in [-0.39, 0.29) is 11.6 Å². The highest BCUT2D eigenvalue weighted by Gasteiger charge is 2.02. The number of rotatable bonds is 2. The van der Waals surface area contributed by atoms with E-state index in [0.29, 0.717) is 0 Å². The number of hydrogen-bond acceptors (Lipinski definition) is 3. The van der Waals surface area contributed by atoms with Crippen LogP contribution in [-0.4, -0.2) is 15.8 Å². The summed E-state index contributed by atoms with van der Waals surface area (Å²) in [6, 6.07) is 1.68. The van der Waals surface area contributed by atoms with Gasteiger partial charge >= 0.3 is 0 Å². The smallest absolute Gasteiger partial charge is 0.222 e. The summed E-state index contributed by atoms with van der Waals surface area (Å²) in [5, 5.41) is 0. The molecule has 3 nitrogen and oxygen atoms in total. The first kappa shape index (κ1) is 8.59. The summed E-state index contributed by atoms with van der Waals surface area (Å²) in [7, 11) is 0. The van der Waals surface area contributed by atoms with Gasteiger partial charge in [0, 0.05) is 12.4 Å². The maximum atomic E-state index is 11.3. The quantitative estimate of drug-likeness (QED) is 0.490. The zero-order valence-corrected chi connectivity index (χ0v) is 7.11. The lowest BCUT2D eigenvalue weighted by atomic mass is 10.2. The van der Waals surface area contributed by atoms with Gasteiger partial charge in [0.1, 0.15) is 0 Å². The predicted octanol–water partition coefficient (Wildman–Crippen LogP) is 1.63. The van der Waals surface area contributed by atoms with Crippen molar-refractivity contribution in [2.24, 2.45) is 0 Å². The van der Waals surface area contributed by atoms with E-state index in [1.807, 2.05) is 13.8 Å². The molecular weight excluding hydrogens is 152 g/mol. The number of nitrogens with zero attached hydrogens (tertiary/aromatic N) is 2. The van der Waals surface area contributed by atoms with Crippen LogP contribution in [0.15, 0.2) is 30.1 Å². The molecular formula is C9H10N2O. The highest BCUT2D eigenvalue weighted by Crippen LogP contribution is 1.95. The van der Waals surface area contributed by atoms with Crippen molar-refractivity contribution in [1.29, 1.82) is 0 Å². The Labute approximate surface area is 71.2 Å². The second-order valence-electron chi connectivity index (χ2n) is 2.66. The first-order chi connectivity index (χ1) is 5.70. The topological polar surface area (TPSA) is 42.9 Å². The van der Waals surface area contributed by atoms with Crippen LogP contribution in [0.25, 0.3) is 0 Å². The molecule has 0 aliphatic heterocycles. The van der Waals surface area contributed by atoms with Gasteiger partial charge in [-0.25, -0.2) is 9.97 Å². The molecule has 3 heteroatoms. The summed E-state index contributed by atoms with van der Waals surface area (Å²) in [4.78, 5) is 18.9. The average Bonchev–Trinajstić information content (AvgIpc) is 2.05. The van der Waals surface area contributed by atoms with Crippen molar-refractivity contribution in [1.82, 2.24) is 9.97 Å². The van der Waals surface area contributed by atoms with Crippen molar-refractivity contribution in [2.45, 2.75) is 13.8 Å². The van der Waals surface area contributed by atoms with Crippen LogP contribution in [0.3, 0.4) is 0 Å². The van der Waals surface area contributed by atoms with E-state index in [2.05, 4.69) is 9.97 Å². The van der Waals surface area contributed by atoms with Gasteiger partial charge in [0.15, 0.2) is 5.82 Å². The lowest BCUT2D eigenvalue weighted by molar-refractivity contribution is 0.103. The first-order valence-electron chi connectivity index (χ1n) is 3.66. The zero-order chi connectivity index (χ0) is 8.97. The molecule has 0 saturated heterocycles. The van der Waals surface area contributed by atoms with Gasteiger partial charge in [-0.3, -0.25) is 4.79 Å². The van der Waals surface area contributed by atoms with Crippen LogP contribution in [0.5, 0.6) is 0 Å². The molecule has 0 aliphatic carbocycles. The van der Waals surface area contributed by atoms with E-state index in [1.165, 1.54) is 6.08 Å². The second-order valence-corrected chi connectivity index (χ2v) is 2.66. The Bertz CT molecular complexity index is 300. The number of aromatic nitrogens is 2. The fraction of sp³-hybridized carbons (Fsp3) is 0.222. The molecule has 0 aromatic carbocycles. The van der Waals surface area contributed by atoms with Crippen molar-refractivity contribution in [2.75, 3.05) is 0 Å². The average molecular weight is 162 g/mol. The molecule has 1 aromatic rings. The fourth-order valence-corrected chi connectivity index (χ4v) is 0.753. The normalized spacial score (nSPS) is 9.17. The lowest BCUT2D eigenvalue weighted by Crippen LogP contribution is -2.01. The monoisotopic (exact) mass is 162 g/mol. The third kappa shape index (κ3) is 2.27. The van der Waals surface area contributed by atoms with Gasteiger partial charge in [-0.2, -0.15) is 0 Å². The van der Waals surface area contributed by atoms with Gasteiger partial charge < -0.3 is 0 Å². The fourth-order valence-electron chi connectivity index (χ4n) is 0.753. The van der Waals surface area contributed by atoms with Gasteiger partial charge in [-0.15, -0.1) is 0 Å². The third-order valence-corrected chi connectivity index (χ3v) is 1.21. The van der Waals surface area contributed by atoms with Crippen LogP contribution >= 0.6 is 0 Å². The Morgan fingerprint density at radius 1 is 1.33 bits per heavy atom. The summed E-state index contributed by atoms with van der Waals surface area (Å²) < 4.78 is 0. The summed E-state index contributed by atoms with van der Waals surface area (Å²) in [6.45, 7) is 3.72. The number of allylic oxidation sites excluding steroid dienone is 2. The van der Waals surface area contributed by atoms with Crippen molar-refractivity contribution in [3.63, 3.8) is 0 Å². The Morgan fingerprint density at radius 3 is 2.42 bits per heavy atom. The van der Waals surface area contributed by atoms with Gasteiger partial charge in [-0.05, 0) is 26.0 Å². The Balaban J connectivity index is 2.87. The minimum atomic E-state index is -0.143. The summed E-state index contributed by atoms with van der Waals surface area (Å²) >= 11 is 0. The molecule has 62 valence electrons. The minimum Gasteiger partial charge on any atom is -0.286 e. The summed E-state index contributed by atoms with van der Waals surface area (Å²) in [5.41, 5.74) is 0.951. The van der Waals surface area contributed by atoms with Crippen molar-refractivity contribution < 1.29 is 4.79 Å². The van der Waals surface area contributed by atoms with Gasteiger partial charge in [-0.1, -0.05) is 5.57 Å². The van der Waals surface area contributed by atoms with Gasteiger partial charge in [0.2, 0.25) is 5.78 Å². The molecule has 1 aromatic heterocycles. The van der Waals surface area contributed by atoms with Crippen LogP contribution in [0.4, 0.5) is 0 Å². The molecule has 0 amide bonds. The van der Waals surface area contributed by atoms with E-state index in [4.69, 9.17) is 0 Å². The standard InChI is InChI=1S/C9H10N2O/c1-7(2)6-8(12)9-10-4-3-5-11-9/h3-6H,1-2H3. The van der Waals surface area contributed by atoms with Crippen molar-refractivity contribution >= 4 is 5.78 Å². The van der Waals surface area contributed by atoms with Gasteiger partial charge in [0.25, 0.3) is 0 Å². The van der Waals surface area contributed by atoms with E-state index < -0.39 is 0 Å². The van der Waals surface area contributed by atoms with E-state index in [0.717, 1.165) is 5.57 Å². The highest BCUT2D eigenvalue weighted by atomic mass is 16.1. The lowest BCUT2D eigenvalue weighted by Gasteiger charge is -1.92. The molecule has 0 atom stereocenters. The third-order valence-electron chi connectivity index (χ3n) is 1.21. The van der Waals surface area contributed by atoms with E-state index in [1.54, 1.807) is 18.5 Å². The summed E-state index contributed by atoms with van der Waals surface area (Å²) in [6.07, 6.45) is 4.63. The largest absolute Gasteiger partial charge is 0.286 e. The van der Waals surface area contributed by atoms with Gasteiger partial charge in [0.05, 0.1) is 0 Å². The molecule has 12 heavy (non-hydrogen) atoms. The molecule has 0 aliphatic rings. The van der Waals surface area contributed by atoms with Crippen molar-refractivity contribution in [3.05, 3.63) is 35.9 Å². The van der Waals surface area contributed by atoms with Crippen LogP contribution in [0.2, 0.25) is 0 Å². The molecule has 1 heterocycles. The number of hydrogen-bond donors (Lipinski definition) is 0. The van der Waals surface area contributed by atoms with E-state index in [9.17, 15) is 4.79 Å². The van der Waals surface area contributed by atoms with Crippen molar-refractivity contribution in [3.8, 4) is 0 Å². The molecule has 0 N–H and O–H groups in total. The molecule has 0 fully saturated rings. The molecule has 0 unspecified atom stereocenters. The summed E-state index contributed by atoms with van der Waals surface area (Å²) in [5.74, 6) is 0.106. The molecule has 0 spiro atoms. The molecule has 1 rings (SSSR count). The van der Waals surface area contributed by atoms with Crippen LogP contribution in [0.1, 0.15) is 24.5 Å². The van der Waals surface area contributed by atoms with Crippen LogP contribution in [-0.2, 0) is 0 Å². The highest BCUT2D eigenvalue weighted by molar-refractivity contribution is 6.01. The minimum absolute atomic E-state index is 0.143. The first-order valence-corrected chi connectivity index (χ1v) is 3.66. The maximum absolute atomic E-state index is 11.3. The SMILES string of the molecule is CC(C)=CC(=O)c1ncccn1. The predicted molar refractivity (Wildman–Crippen MR) is 45.8 cm³/mol. The van der Waals surface area contributed by atoms with Crippen LogP contribution in [0, 0.1) is 0 Å². The molecule has 0 radical (unpaired) electrons. The second kappa shape index (κ2) is 3.76. The van der Waals surface area contributed by atoms with Crippen LogP contribution < -0.4 is 0 Å². The number of carbonyl (C=O) groups excluding carboxylic acids is 1. The molecule has 0 bridgehead atoms. The Morgan fingerprint density at radius 2 is 1.92 bits per heavy atom. The zero-order valence-electron chi connectivity index (χ0n) is 7.11. The van der Waals surface area contributed by atoms with E-state index >= 15 is 0 Å². The Kier molecular flexibility index (Phi) is 2.69. The number of carbonyl (C=O) groups is 1.